The Kier molecular flexibility index (Phi) is 7.77. The van der Waals surface area contributed by atoms with Crippen LogP contribution in [0.1, 0.15) is 32.6 Å². The number of nitrogens with zero attached hydrogens (tertiary/aromatic N) is 1. The number of halogens is 1. The van der Waals surface area contributed by atoms with Gasteiger partial charge in [-0.1, -0.05) is 0 Å². The fraction of sp³-hybridized carbons (Fsp3) is 0.667. The Morgan fingerprint density at radius 3 is 2.53 bits per heavy atom. The molecule has 0 bridgehead atoms. The van der Waals surface area contributed by atoms with E-state index in [1.54, 1.807) is 17.9 Å². The van der Waals surface area contributed by atoms with Crippen LogP contribution in [0, 0.1) is 0 Å². The summed E-state index contributed by atoms with van der Waals surface area (Å²) in [6.07, 6.45) is 1.60. The smallest absolute Gasteiger partial charge is 0.409 e. The lowest BCUT2D eigenvalue weighted by atomic mass is 9.88. The molecule has 0 saturated carbocycles. The summed E-state index contributed by atoms with van der Waals surface area (Å²) in [4.78, 5) is 26.7. The van der Waals surface area contributed by atoms with Crippen molar-refractivity contribution < 1.29 is 22.7 Å². The predicted molar refractivity (Wildman–Crippen MR) is 117 cm³/mol. The number of hydrogen-bond acceptors (Lipinski definition) is 7. The van der Waals surface area contributed by atoms with Crippen LogP contribution in [-0.4, -0.2) is 69.7 Å². The molecule has 3 heterocycles. The molecule has 0 spiro atoms. The van der Waals surface area contributed by atoms with Gasteiger partial charge in [0.1, 0.15) is 9.75 Å². The van der Waals surface area contributed by atoms with Gasteiger partial charge in [0, 0.05) is 19.1 Å². The van der Waals surface area contributed by atoms with Crippen LogP contribution in [0.5, 0.6) is 0 Å². The molecule has 3 N–H and O–H groups in total. The minimum Gasteiger partial charge on any atom is -0.450 e. The molecule has 0 unspecified atom stereocenters. The summed E-state index contributed by atoms with van der Waals surface area (Å²) in [5.41, 5.74) is -1.20. The van der Waals surface area contributed by atoms with E-state index >= 15 is 0 Å². The van der Waals surface area contributed by atoms with Crippen molar-refractivity contribution in [1.82, 2.24) is 20.3 Å². The zero-order chi connectivity index (χ0) is 21.8. The van der Waals surface area contributed by atoms with Crippen molar-refractivity contribution in [3.8, 4) is 0 Å². The van der Waals surface area contributed by atoms with Gasteiger partial charge in [0.15, 0.2) is 0 Å². The molecule has 2 saturated heterocycles. The second-order valence-electron chi connectivity index (χ2n) is 7.43. The largest absolute Gasteiger partial charge is 0.450 e. The molecule has 3 rings (SSSR count). The average molecular weight is 523 g/mol. The Balaban J connectivity index is 1.67. The summed E-state index contributed by atoms with van der Waals surface area (Å²) >= 11 is 4.39. The first-order chi connectivity index (χ1) is 14.3. The molecule has 1 aromatic rings. The standard InChI is InChI=1S/C18H27BrN4O5S2/c1-2-28-17(25)23-11-5-13(6-12-23)21-16(24)18(7-9-20-10-8-18)22-30(26,27)15-4-3-14(19)29-15/h3-4,13,20,22H,2,5-12H2,1H3,(H,21,24). The molecule has 0 aliphatic carbocycles. The van der Waals surface area contributed by atoms with Crippen LogP contribution in [-0.2, 0) is 19.6 Å². The third-order valence-corrected chi connectivity index (χ3v) is 9.04. The molecule has 30 heavy (non-hydrogen) atoms. The first-order valence-corrected chi connectivity index (χ1v) is 13.1. The molecule has 9 nitrogen and oxygen atoms in total. The quantitative estimate of drug-likeness (QED) is 0.522. The molecule has 168 valence electrons. The number of sulfonamides is 1. The van der Waals surface area contributed by atoms with Gasteiger partial charge in [-0.05, 0) is 73.8 Å². The maximum atomic E-state index is 13.2. The number of ether oxygens (including phenoxy) is 1. The fourth-order valence-electron chi connectivity index (χ4n) is 3.72. The van der Waals surface area contributed by atoms with Crippen molar-refractivity contribution in [2.24, 2.45) is 0 Å². The van der Waals surface area contributed by atoms with E-state index in [4.69, 9.17) is 4.74 Å². The topological polar surface area (TPSA) is 117 Å². The van der Waals surface area contributed by atoms with Gasteiger partial charge in [0.25, 0.3) is 10.0 Å². The number of hydrogen-bond donors (Lipinski definition) is 3. The molecule has 12 heteroatoms. The van der Waals surface area contributed by atoms with Crippen LogP contribution in [0.15, 0.2) is 20.1 Å². The van der Waals surface area contributed by atoms with Crippen LogP contribution in [0.25, 0.3) is 0 Å². The Morgan fingerprint density at radius 2 is 1.97 bits per heavy atom. The van der Waals surface area contributed by atoms with E-state index in [1.165, 1.54) is 6.07 Å². The number of thiophene rings is 1. The van der Waals surface area contributed by atoms with Crippen molar-refractivity contribution in [1.29, 1.82) is 0 Å². The van der Waals surface area contributed by atoms with Crippen molar-refractivity contribution in [2.75, 3.05) is 32.8 Å². The van der Waals surface area contributed by atoms with E-state index < -0.39 is 15.6 Å². The van der Waals surface area contributed by atoms with E-state index in [-0.39, 0.29) is 22.3 Å². The SMILES string of the molecule is CCOC(=O)N1CCC(NC(=O)C2(NS(=O)(=O)c3ccc(Br)s3)CCNCC2)CC1. The van der Waals surface area contributed by atoms with E-state index in [2.05, 4.69) is 31.3 Å². The van der Waals surface area contributed by atoms with Crippen molar-refractivity contribution in [3.63, 3.8) is 0 Å². The summed E-state index contributed by atoms with van der Waals surface area (Å²) in [6.45, 7) is 4.17. The summed E-state index contributed by atoms with van der Waals surface area (Å²) < 4.78 is 34.4. The van der Waals surface area contributed by atoms with Gasteiger partial charge in [-0.2, -0.15) is 4.72 Å². The minimum atomic E-state index is -3.83. The molecule has 2 fully saturated rings. The van der Waals surface area contributed by atoms with Crippen molar-refractivity contribution >= 4 is 49.3 Å². The molecule has 2 amide bonds. The summed E-state index contributed by atoms with van der Waals surface area (Å²) in [7, 11) is -3.83. The zero-order valence-electron chi connectivity index (χ0n) is 16.8. The lowest BCUT2D eigenvalue weighted by Crippen LogP contribution is -2.64. The van der Waals surface area contributed by atoms with Gasteiger partial charge in [-0.15, -0.1) is 11.3 Å². The number of nitrogens with one attached hydrogen (secondary N) is 3. The number of amides is 2. The van der Waals surface area contributed by atoms with Crippen molar-refractivity contribution in [3.05, 3.63) is 15.9 Å². The Morgan fingerprint density at radius 1 is 1.30 bits per heavy atom. The molecule has 0 aromatic carbocycles. The molecule has 2 aliphatic rings. The minimum absolute atomic E-state index is 0.115. The molecular weight excluding hydrogens is 496 g/mol. The lowest BCUT2D eigenvalue weighted by molar-refractivity contribution is -0.129. The first kappa shape index (κ1) is 23.5. The van der Waals surface area contributed by atoms with Crippen LogP contribution >= 0.6 is 27.3 Å². The summed E-state index contributed by atoms with van der Waals surface area (Å²) in [5.74, 6) is -0.308. The normalized spacial score (nSPS) is 20.0. The van der Waals surface area contributed by atoms with Crippen molar-refractivity contribution in [2.45, 2.75) is 48.4 Å². The van der Waals surface area contributed by atoms with Crippen LogP contribution in [0.2, 0.25) is 0 Å². The van der Waals surface area contributed by atoms with Gasteiger partial charge < -0.3 is 20.3 Å². The fourth-order valence-corrected chi connectivity index (χ4v) is 7.16. The zero-order valence-corrected chi connectivity index (χ0v) is 20.0. The number of piperidine rings is 2. The molecule has 1 aromatic heterocycles. The van der Waals surface area contributed by atoms with E-state index in [0.717, 1.165) is 11.3 Å². The predicted octanol–water partition coefficient (Wildman–Crippen LogP) is 1.65. The monoisotopic (exact) mass is 522 g/mol. The number of rotatable bonds is 6. The first-order valence-electron chi connectivity index (χ1n) is 9.98. The lowest BCUT2D eigenvalue weighted by Gasteiger charge is -2.39. The summed E-state index contributed by atoms with van der Waals surface area (Å²) in [5, 5.41) is 6.20. The molecule has 0 radical (unpaired) electrons. The Hall–Kier alpha value is -1.21. The van der Waals surface area contributed by atoms with Gasteiger partial charge in [0.05, 0.1) is 10.4 Å². The Labute approximate surface area is 189 Å². The molecule has 0 atom stereocenters. The Bertz CT molecular complexity index is 862. The number of likely N-dealkylation sites (tertiary alicyclic amines) is 1. The van der Waals surface area contributed by atoms with E-state index in [0.29, 0.717) is 62.3 Å². The van der Waals surface area contributed by atoms with Crippen LogP contribution in [0.4, 0.5) is 4.79 Å². The molecule has 2 aliphatic heterocycles. The molecular formula is C18H27BrN4O5S2. The summed E-state index contributed by atoms with van der Waals surface area (Å²) in [6, 6.07) is 3.08. The van der Waals surface area contributed by atoms with E-state index in [1.807, 2.05) is 0 Å². The highest BCUT2D eigenvalue weighted by Gasteiger charge is 2.44. The highest BCUT2D eigenvalue weighted by Crippen LogP contribution is 2.29. The van der Waals surface area contributed by atoms with Gasteiger partial charge >= 0.3 is 6.09 Å². The van der Waals surface area contributed by atoms with Gasteiger partial charge in [0.2, 0.25) is 5.91 Å². The highest BCUT2D eigenvalue weighted by molar-refractivity contribution is 9.11. The third-order valence-electron chi connectivity index (χ3n) is 5.39. The van der Waals surface area contributed by atoms with Crippen LogP contribution in [0.3, 0.4) is 0 Å². The van der Waals surface area contributed by atoms with Gasteiger partial charge in [-0.25, -0.2) is 13.2 Å². The second kappa shape index (κ2) is 9.94. The van der Waals surface area contributed by atoms with E-state index in [9.17, 15) is 18.0 Å². The van der Waals surface area contributed by atoms with Gasteiger partial charge in [-0.3, -0.25) is 4.79 Å². The number of carbonyl (C=O) groups excluding carboxylic acids is 2. The third kappa shape index (κ3) is 5.52. The average Bonchev–Trinajstić information content (AvgIpc) is 3.16. The maximum absolute atomic E-state index is 13.2. The second-order valence-corrected chi connectivity index (χ2v) is 11.8. The maximum Gasteiger partial charge on any atom is 0.409 e. The van der Waals surface area contributed by atoms with Crippen LogP contribution < -0.4 is 15.4 Å². The number of carbonyl (C=O) groups is 2. The highest BCUT2D eigenvalue weighted by atomic mass is 79.9.